The monoisotopic (exact) mass is 711 g/mol. The zero-order valence-electron chi connectivity index (χ0n) is 26.6. The van der Waals surface area contributed by atoms with Crippen LogP contribution in [0.25, 0.3) is 11.1 Å². The zero-order valence-corrected chi connectivity index (χ0v) is 27.4. The molecule has 0 radical (unpaired) electrons. The number of ether oxygens (including phenoxy) is 2. The normalized spacial score (nSPS) is 19.0. The fraction of sp³-hybridized carbons (Fsp3) is 0.257. The molecule has 0 aliphatic carbocycles. The number of tetrazole rings is 1. The summed E-state index contributed by atoms with van der Waals surface area (Å²) in [5.74, 6) is -12.1. The highest BCUT2D eigenvalue weighted by atomic mass is 32.2. The average molecular weight is 712 g/mol. The fourth-order valence-corrected chi connectivity index (χ4v) is 6.59. The lowest BCUT2D eigenvalue weighted by Gasteiger charge is -2.41. The maximum Gasteiger partial charge on any atom is 0.257 e. The molecule has 9 nitrogen and oxygen atoms in total. The quantitative estimate of drug-likeness (QED) is 0.0724. The second kappa shape index (κ2) is 15.0. The first-order chi connectivity index (χ1) is 24.0. The minimum Gasteiger partial charge on any atom is -0.392 e. The van der Waals surface area contributed by atoms with Crippen molar-refractivity contribution in [2.24, 2.45) is 13.0 Å². The molecule has 1 fully saturated rings. The van der Waals surface area contributed by atoms with E-state index in [9.17, 15) is 31.9 Å². The van der Waals surface area contributed by atoms with Crippen molar-refractivity contribution in [1.82, 2.24) is 25.5 Å². The number of aromatic nitrogens is 4. The predicted octanol–water partition coefficient (Wildman–Crippen LogP) is 6.58. The van der Waals surface area contributed by atoms with Crippen LogP contribution in [0.1, 0.15) is 51.9 Å². The van der Waals surface area contributed by atoms with Crippen molar-refractivity contribution in [3.8, 4) is 11.1 Å². The Labute approximate surface area is 287 Å². The van der Waals surface area contributed by atoms with Gasteiger partial charge in [-0.05, 0) is 44.3 Å². The number of aliphatic hydroxyl groups excluding tert-OH is 1. The number of hydrogen-bond acceptors (Lipinski definition) is 8. The molecule has 15 heteroatoms. The van der Waals surface area contributed by atoms with Gasteiger partial charge in [-0.25, -0.2) is 26.6 Å². The summed E-state index contributed by atoms with van der Waals surface area (Å²) in [5.41, 5.74) is 3.00. The number of amides is 1. The smallest absolute Gasteiger partial charge is 0.257 e. The van der Waals surface area contributed by atoms with Crippen molar-refractivity contribution in [3.05, 3.63) is 130 Å². The van der Waals surface area contributed by atoms with Gasteiger partial charge in [0.2, 0.25) is 11.0 Å². The number of aryl methyl sites for hydroxylation is 1. The van der Waals surface area contributed by atoms with E-state index in [1.165, 1.54) is 11.8 Å². The summed E-state index contributed by atoms with van der Waals surface area (Å²) in [7, 11) is 1.76. The lowest BCUT2D eigenvalue weighted by Crippen LogP contribution is -2.38. The average Bonchev–Trinajstić information content (AvgIpc) is 3.56. The van der Waals surface area contributed by atoms with Crippen molar-refractivity contribution in [2.45, 2.75) is 43.7 Å². The molecule has 2 heterocycles. The summed E-state index contributed by atoms with van der Waals surface area (Å²) < 4.78 is 83.4. The van der Waals surface area contributed by atoms with E-state index >= 15 is 0 Å². The number of halogens is 5. The Morgan fingerprint density at radius 1 is 0.860 bits per heavy atom. The van der Waals surface area contributed by atoms with Gasteiger partial charge in [0.05, 0.1) is 18.8 Å². The maximum atomic E-state index is 14.1. The number of nitrogens with one attached hydrogen (secondary N) is 1. The molecular formula is C35H30F5N5O4S. The van der Waals surface area contributed by atoms with Crippen molar-refractivity contribution in [3.63, 3.8) is 0 Å². The van der Waals surface area contributed by atoms with Gasteiger partial charge in [0, 0.05) is 30.8 Å². The van der Waals surface area contributed by atoms with Crippen molar-refractivity contribution in [1.29, 1.82) is 0 Å². The highest BCUT2D eigenvalue weighted by Crippen LogP contribution is 2.43. The van der Waals surface area contributed by atoms with E-state index in [0.717, 1.165) is 27.8 Å². The molecule has 260 valence electrons. The number of hydrogen-bond donors (Lipinski definition) is 2. The third-order valence-electron chi connectivity index (χ3n) is 8.41. The first-order valence-corrected chi connectivity index (χ1v) is 16.4. The van der Waals surface area contributed by atoms with E-state index in [0.29, 0.717) is 16.5 Å². The van der Waals surface area contributed by atoms with E-state index in [-0.39, 0.29) is 31.3 Å². The fourth-order valence-electron chi connectivity index (χ4n) is 5.58. The number of nitrogens with zero attached hydrogens (tertiary/aromatic N) is 4. The third kappa shape index (κ3) is 7.26. The molecule has 4 unspecified atom stereocenters. The van der Waals surface area contributed by atoms with Gasteiger partial charge in [0.15, 0.2) is 29.6 Å². The summed E-state index contributed by atoms with van der Waals surface area (Å²) in [6.45, 7) is 1.75. The molecule has 1 aliphatic rings. The minimum absolute atomic E-state index is 0.0449. The molecule has 4 atom stereocenters. The molecule has 0 spiro atoms. The van der Waals surface area contributed by atoms with Gasteiger partial charge in [-0.3, -0.25) is 4.79 Å². The molecule has 0 bridgehead atoms. The van der Waals surface area contributed by atoms with E-state index in [1.54, 1.807) is 29.9 Å². The Morgan fingerprint density at radius 3 is 2.16 bits per heavy atom. The van der Waals surface area contributed by atoms with Crippen molar-refractivity contribution >= 4 is 17.7 Å². The lowest BCUT2D eigenvalue weighted by atomic mass is 9.91. The van der Waals surface area contributed by atoms with Crippen LogP contribution in [0.3, 0.4) is 0 Å². The molecule has 0 saturated carbocycles. The van der Waals surface area contributed by atoms with Crippen LogP contribution in [0, 0.1) is 35.0 Å². The van der Waals surface area contributed by atoms with Crippen LogP contribution in [0.4, 0.5) is 22.0 Å². The van der Waals surface area contributed by atoms with Gasteiger partial charge < -0.3 is 19.9 Å². The molecule has 5 aromatic rings. The summed E-state index contributed by atoms with van der Waals surface area (Å²) in [6.07, 6.45) is -1.27. The predicted molar refractivity (Wildman–Crippen MR) is 172 cm³/mol. The first kappa shape index (κ1) is 35.1. The highest BCUT2D eigenvalue weighted by Gasteiger charge is 2.38. The second-order valence-electron chi connectivity index (χ2n) is 11.7. The summed E-state index contributed by atoms with van der Waals surface area (Å²) in [6, 6.07) is 22.0. The number of thioether (sulfide) groups is 1. The summed E-state index contributed by atoms with van der Waals surface area (Å²) in [5, 5.41) is 24.0. The van der Waals surface area contributed by atoms with Gasteiger partial charge >= 0.3 is 0 Å². The highest BCUT2D eigenvalue weighted by molar-refractivity contribution is 7.99. The SMILES string of the molecule is CC1C(CSc2nnnn2C)OC(c2ccc(-c3cccc(CNC(=O)c4c(F)c(F)c(F)c(F)c4F)c3)cc2)OC1c1ccc(CO)cc1. The Hall–Kier alpha value is -4.70. The molecule has 1 amide bonds. The molecule has 1 saturated heterocycles. The van der Waals surface area contributed by atoms with Crippen LogP contribution >= 0.6 is 11.8 Å². The van der Waals surface area contributed by atoms with Gasteiger partial charge in [0.25, 0.3) is 5.91 Å². The van der Waals surface area contributed by atoms with Crippen LogP contribution in [0.15, 0.2) is 78.0 Å². The summed E-state index contributed by atoms with van der Waals surface area (Å²) in [4.78, 5) is 12.4. The number of aliphatic hydroxyl groups is 1. The van der Waals surface area contributed by atoms with Gasteiger partial charge in [0.1, 0.15) is 5.56 Å². The number of rotatable bonds is 10. The zero-order chi connectivity index (χ0) is 35.5. The van der Waals surface area contributed by atoms with Crippen molar-refractivity contribution < 1.29 is 41.3 Å². The van der Waals surface area contributed by atoms with Crippen LogP contribution < -0.4 is 5.32 Å². The number of benzene rings is 4. The largest absolute Gasteiger partial charge is 0.392 e. The molecule has 1 aromatic heterocycles. The van der Waals surface area contributed by atoms with E-state index in [2.05, 4.69) is 27.8 Å². The van der Waals surface area contributed by atoms with Gasteiger partial charge in [-0.15, -0.1) is 5.10 Å². The number of carbonyl (C=O) groups is 1. The van der Waals surface area contributed by atoms with Crippen LogP contribution in [-0.2, 0) is 29.7 Å². The lowest BCUT2D eigenvalue weighted by molar-refractivity contribution is -0.268. The van der Waals surface area contributed by atoms with Gasteiger partial charge in [-0.1, -0.05) is 85.4 Å². The first-order valence-electron chi connectivity index (χ1n) is 15.4. The van der Waals surface area contributed by atoms with Crippen LogP contribution in [-0.4, -0.2) is 43.1 Å². The Bertz CT molecular complexity index is 1970. The summed E-state index contributed by atoms with van der Waals surface area (Å²) >= 11 is 1.47. The van der Waals surface area contributed by atoms with Crippen LogP contribution in [0.2, 0.25) is 0 Å². The molecule has 2 N–H and O–H groups in total. The second-order valence-corrected chi connectivity index (χ2v) is 12.7. The molecule has 6 rings (SSSR count). The maximum absolute atomic E-state index is 14.1. The van der Waals surface area contributed by atoms with Gasteiger partial charge in [-0.2, -0.15) is 0 Å². The molecular weight excluding hydrogens is 681 g/mol. The molecule has 1 aliphatic heterocycles. The van der Waals surface area contributed by atoms with Crippen LogP contribution in [0.5, 0.6) is 0 Å². The van der Waals surface area contributed by atoms with E-state index in [1.807, 2.05) is 54.6 Å². The number of carbonyl (C=O) groups excluding carboxylic acids is 1. The van der Waals surface area contributed by atoms with E-state index in [4.69, 9.17) is 9.47 Å². The Balaban J connectivity index is 1.18. The van der Waals surface area contributed by atoms with E-state index < -0.39 is 46.8 Å². The molecule has 4 aromatic carbocycles. The Morgan fingerprint density at radius 2 is 1.52 bits per heavy atom. The third-order valence-corrected chi connectivity index (χ3v) is 9.51. The molecule has 50 heavy (non-hydrogen) atoms. The standard InChI is InChI=1S/C35H30F5N5O4S/c1-18-25(17-50-35-42-43-44-45(35)2)48-34(49-32(18)22-8-6-19(16-46)7-9-22)23-12-10-21(11-13-23)24-5-3-4-20(14-24)15-41-33(47)26-27(36)29(38)31(40)30(39)28(26)37/h3-14,18,25,32,34,46H,15-17H2,1-2H3,(H,41,47). The Kier molecular flexibility index (Phi) is 10.6. The van der Waals surface area contributed by atoms with Crippen molar-refractivity contribution in [2.75, 3.05) is 5.75 Å². The topological polar surface area (TPSA) is 111 Å². The minimum atomic E-state index is -2.34.